The van der Waals surface area contributed by atoms with Crippen LogP contribution in [0.25, 0.3) is 10.9 Å². The fraction of sp³-hybridized carbons (Fsp3) is 0.333. The summed E-state index contributed by atoms with van der Waals surface area (Å²) in [6.45, 7) is 5.58. The minimum atomic E-state index is -0.765. The lowest BCUT2D eigenvalue weighted by Crippen LogP contribution is -2.48. The number of nitrogens with zero attached hydrogens (tertiary/aromatic N) is 3. The van der Waals surface area contributed by atoms with Crippen LogP contribution in [0.5, 0.6) is 11.6 Å². The summed E-state index contributed by atoms with van der Waals surface area (Å²) in [6.07, 6.45) is 4.23. The molecule has 2 atom stereocenters. The molecule has 9 nitrogen and oxygen atoms in total. The summed E-state index contributed by atoms with van der Waals surface area (Å²) >= 11 is 0. The largest absolute Gasteiger partial charge is 0.439 e. The van der Waals surface area contributed by atoms with Gasteiger partial charge in [0.15, 0.2) is 0 Å². The lowest BCUT2D eigenvalue weighted by molar-refractivity contribution is -0.133. The second-order valence-electron chi connectivity index (χ2n) is 7.68. The van der Waals surface area contributed by atoms with Gasteiger partial charge in [-0.05, 0) is 49.6 Å². The number of aromatic nitrogens is 2. The first-order valence-electron chi connectivity index (χ1n) is 10.8. The van der Waals surface area contributed by atoms with Gasteiger partial charge in [-0.25, -0.2) is 4.98 Å². The average Bonchev–Trinajstić information content (AvgIpc) is 3.19. The van der Waals surface area contributed by atoms with Gasteiger partial charge in [-0.15, -0.1) is 0 Å². The smallest absolute Gasteiger partial charge is 0.240 e. The van der Waals surface area contributed by atoms with Crippen molar-refractivity contribution in [1.29, 1.82) is 5.26 Å². The van der Waals surface area contributed by atoms with E-state index < -0.39 is 12.1 Å². The van der Waals surface area contributed by atoms with E-state index in [2.05, 4.69) is 21.4 Å². The molecule has 9 heteroatoms. The number of nitriles is 1. The van der Waals surface area contributed by atoms with E-state index in [9.17, 15) is 14.9 Å². The Kier molecular flexibility index (Phi) is 7.64. The topological polar surface area (TPSA) is 137 Å². The molecule has 0 saturated heterocycles. The van der Waals surface area contributed by atoms with Gasteiger partial charge in [-0.3, -0.25) is 9.59 Å². The van der Waals surface area contributed by atoms with Crippen LogP contribution in [0, 0.1) is 11.3 Å². The van der Waals surface area contributed by atoms with Crippen molar-refractivity contribution in [3.05, 3.63) is 48.3 Å². The molecule has 0 saturated carbocycles. The first-order chi connectivity index (χ1) is 15.9. The van der Waals surface area contributed by atoms with E-state index in [1.165, 1.54) is 18.0 Å². The van der Waals surface area contributed by atoms with Crippen molar-refractivity contribution >= 4 is 28.4 Å². The quantitative estimate of drug-likeness (QED) is 0.459. The van der Waals surface area contributed by atoms with Gasteiger partial charge in [0.25, 0.3) is 0 Å². The summed E-state index contributed by atoms with van der Waals surface area (Å²) in [5, 5.41) is 12.9. The molecule has 0 fully saturated rings. The standard InChI is InChI=1S/C24H28N6O3/c1-4-18(12-25)30(5-2)24(32)21(26)10-16-13-27-22-8-7-19(11-20(16)22)33-23-9-6-17(14-28-23)29-15(3)31/h6-9,11,13-14,18,21,27H,4-5,10,26H2,1-3H3,(H,29,31)/t18-,21-/m0/s1. The monoisotopic (exact) mass is 448 g/mol. The molecule has 0 bridgehead atoms. The third kappa shape index (κ3) is 5.67. The van der Waals surface area contributed by atoms with Crippen molar-refractivity contribution in [2.45, 2.75) is 45.7 Å². The first-order valence-corrected chi connectivity index (χ1v) is 10.8. The number of amides is 2. The van der Waals surface area contributed by atoms with Crippen LogP contribution in [0.1, 0.15) is 32.8 Å². The molecule has 0 aliphatic carbocycles. The zero-order valence-corrected chi connectivity index (χ0v) is 19.0. The number of benzene rings is 1. The number of likely N-dealkylation sites (N-methyl/N-ethyl adjacent to an activating group) is 1. The predicted molar refractivity (Wildman–Crippen MR) is 126 cm³/mol. The number of hydrogen-bond donors (Lipinski definition) is 3. The van der Waals surface area contributed by atoms with E-state index in [0.29, 0.717) is 36.7 Å². The van der Waals surface area contributed by atoms with Crippen LogP contribution < -0.4 is 15.8 Å². The zero-order chi connectivity index (χ0) is 24.0. The van der Waals surface area contributed by atoms with E-state index in [0.717, 1.165) is 16.5 Å². The highest BCUT2D eigenvalue weighted by Crippen LogP contribution is 2.28. The highest BCUT2D eigenvalue weighted by Gasteiger charge is 2.26. The van der Waals surface area contributed by atoms with Gasteiger partial charge in [-0.1, -0.05) is 6.92 Å². The van der Waals surface area contributed by atoms with Crippen molar-refractivity contribution in [2.24, 2.45) is 5.73 Å². The maximum Gasteiger partial charge on any atom is 0.240 e. The Bertz CT molecular complexity index is 1170. The van der Waals surface area contributed by atoms with Crippen molar-refractivity contribution in [1.82, 2.24) is 14.9 Å². The third-order valence-corrected chi connectivity index (χ3v) is 5.31. The predicted octanol–water partition coefficient (Wildman–Crippen LogP) is 3.33. The van der Waals surface area contributed by atoms with Crippen LogP contribution in [0.3, 0.4) is 0 Å². The van der Waals surface area contributed by atoms with Crippen molar-refractivity contribution in [3.63, 3.8) is 0 Å². The summed E-state index contributed by atoms with van der Waals surface area (Å²) < 4.78 is 5.86. The molecule has 0 aliphatic rings. The molecule has 172 valence electrons. The van der Waals surface area contributed by atoms with Crippen molar-refractivity contribution < 1.29 is 14.3 Å². The molecule has 2 aromatic heterocycles. The molecule has 0 unspecified atom stereocenters. The van der Waals surface area contributed by atoms with Crippen molar-refractivity contribution in [3.8, 4) is 17.7 Å². The van der Waals surface area contributed by atoms with E-state index in [4.69, 9.17) is 10.5 Å². The Morgan fingerprint density at radius 1 is 1.30 bits per heavy atom. The second kappa shape index (κ2) is 10.6. The minimum Gasteiger partial charge on any atom is -0.439 e. The average molecular weight is 449 g/mol. The number of rotatable bonds is 9. The van der Waals surface area contributed by atoms with Crippen LogP contribution >= 0.6 is 0 Å². The molecule has 0 radical (unpaired) electrons. The summed E-state index contributed by atoms with van der Waals surface area (Å²) in [5.74, 6) is 0.547. The molecular formula is C24H28N6O3. The lowest BCUT2D eigenvalue weighted by Gasteiger charge is -2.27. The summed E-state index contributed by atoms with van der Waals surface area (Å²) in [4.78, 5) is 32.9. The Balaban J connectivity index is 1.76. The zero-order valence-electron chi connectivity index (χ0n) is 19.0. The number of carbonyl (C=O) groups excluding carboxylic acids is 2. The molecule has 3 rings (SSSR count). The van der Waals surface area contributed by atoms with Crippen LogP contribution in [0.2, 0.25) is 0 Å². The summed E-state index contributed by atoms with van der Waals surface area (Å²) in [5.41, 5.74) is 8.60. The van der Waals surface area contributed by atoms with Crippen LogP contribution in [-0.4, -0.2) is 45.3 Å². The number of anilines is 1. The number of fused-ring (bicyclic) bond motifs is 1. The minimum absolute atomic E-state index is 0.174. The fourth-order valence-electron chi connectivity index (χ4n) is 3.68. The number of carbonyl (C=O) groups is 2. The maximum atomic E-state index is 12.9. The van der Waals surface area contributed by atoms with Crippen LogP contribution in [-0.2, 0) is 16.0 Å². The molecule has 1 aromatic carbocycles. The number of hydrogen-bond acceptors (Lipinski definition) is 6. The Morgan fingerprint density at radius 3 is 2.70 bits per heavy atom. The van der Waals surface area contributed by atoms with Gasteiger partial charge in [0.2, 0.25) is 17.7 Å². The lowest BCUT2D eigenvalue weighted by atomic mass is 10.0. The Hall–Kier alpha value is -3.90. The number of aromatic amines is 1. The highest BCUT2D eigenvalue weighted by atomic mass is 16.5. The van der Waals surface area contributed by atoms with E-state index in [1.807, 2.05) is 38.2 Å². The summed E-state index contributed by atoms with van der Waals surface area (Å²) in [7, 11) is 0. The van der Waals surface area contributed by atoms with Crippen LogP contribution in [0.4, 0.5) is 5.69 Å². The number of pyridine rings is 1. The highest BCUT2D eigenvalue weighted by molar-refractivity contribution is 5.88. The maximum absolute atomic E-state index is 12.9. The molecule has 0 aliphatic heterocycles. The van der Waals surface area contributed by atoms with Gasteiger partial charge in [0, 0.05) is 36.6 Å². The van der Waals surface area contributed by atoms with Gasteiger partial charge in [-0.2, -0.15) is 5.26 Å². The summed E-state index contributed by atoms with van der Waals surface area (Å²) in [6, 6.07) is 9.86. The van der Waals surface area contributed by atoms with Crippen molar-refractivity contribution in [2.75, 3.05) is 11.9 Å². The normalized spacial score (nSPS) is 12.6. The first kappa shape index (κ1) is 23.8. The van der Waals surface area contributed by atoms with Gasteiger partial charge in [0.05, 0.1) is 24.0 Å². The Morgan fingerprint density at radius 2 is 2.09 bits per heavy atom. The number of ether oxygens (including phenoxy) is 1. The number of nitrogens with one attached hydrogen (secondary N) is 2. The van der Waals surface area contributed by atoms with Gasteiger partial charge in [0.1, 0.15) is 11.8 Å². The SMILES string of the molecule is CC[C@@H](C#N)N(CC)C(=O)[C@@H](N)Cc1c[nH]c2ccc(Oc3ccc(NC(C)=O)cn3)cc12. The molecule has 2 heterocycles. The van der Waals surface area contributed by atoms with E-state index in [-0.39, 0.29) is 11.8 Å². The molecule has 3 aromatic rings. The molecule has 33 heavy (non-hydrogen) atoms. The van der Waals surface area contributed by atoms with Gasteiger partial charge >= 0.3 is 0 Å². The van der Waals surface area contributed by atoms with Gasteiger partial charge < -0.3 is 25.7 Å². The Labute approximate surface area is 192 Å². The molecule has 4 N–H and O–H groups in total. The van der Waals surface area contributed by atoms with E-state index >= 15 is 0 Å². The van der Waals surface area contributed by atoms with Crippen LogP contribution in [0.15, 0.2) is 42.7 Å². The third-order valence-electron chi connectivity index (χ3n) is 5.31. The molecule has 0 spiro atoms. The fourth-order valence-corrected chi connectivity index (χ4v) is 3.68. The molecular weight excluding hydrogens is 420 g/mol. The number of nitrogens with two attached hydrogens (primary N) is 1. The van der Waals surface area contributed by atoms with E-state index in [1.54, 1.807) is 12.1 Å². The molecule has 2 amide bonds. The second-order valence-corrected chi connectivity index (χ2v) is 7.68. The number of H-pyrrole nitrogens is 1.